The van der Waals surface area contributed by atoms with Gasteiger partial charge in [-0.15, -0.1) is 0 Å². The second-order valence-corrected chi connectivity index (χ2v) is 5.29. The Bertz CT molecular complexity index is 231. The van der Waals surface area contributed by atoms with Crippen molar-refractivity contribution in [1.29, 1.82) is 0 Å². The van der Waals surface area contributed by atoms with Crippen molar-refractivity contribution in [1.82, 2.24) is 4.31 Å². The monoisotopic (exact) mass is 193 g/mol. The Hall–Kier alpha value is -0.130. The van der Waals surface area contributed by atoms with Crippen molar-refractivity contribution in [2.24, 2.45) is 5.92 Å². The highest BCUT2D eigenvalue weighted by atomic mass is 32.2. The van der Waals surface area contributed by atoms with Gasteiger partial charge >= 0.3 is 0 Å². The molecule has 72 valence electrons. The van der Waals surface area contributed by atoms with E-state index in [1.54, 1.807) is 0 Å². The highest BCUT2D eigenvalue weighted by Crippen LogP contribution is 2.22. The lowest BCUT2D eigenvalue weighted by molar-refractivity contribution is 0.174. The van der Waals surface area contributed by atoms with Gasteiger partial charge in [0.05, 0.1) is 6.26 Å². The van der Waals surface area contributed by atoms with Crippen molar-refractivity contribution >= 4 is 10.0 Å². The Morgan fingerprint density at radius 2 is 2.08 bits per heavy atom. The van der Waals surface area contributed by atoms with E-state index in [1.165, 1.54) is 10.6 Å². The molecule has 0 aromatic heterocycles. The second kappa shape index (κ2) is 3.72. The molecule has 1 aliphatic heterocycles. The van der Waals surface area contributed by atoms with E-state index in [-0.39, 0.29) is 6.61 Å². The molecular weight excluding hydrogens is 178 g/mol. The summed E-state index contributed by atoms with van der Waals surface area (Å²) in [6.45, 7) is 1.48. The molecule has 1 saturated heterocycles. The van der Waals surface area contributed by atoms with E-state index >= 15 is 0 Å². The van der Waals surface area contributed by atoms with Crippen LogP contribution in [0.2, 0.25) is 0 Å². The maximum Gasteiger partial charge on any atom is 0.211 e. The summed E-state index contributed by atoms with van der Waals surface area (Å²) >= 11 is 0. The van der Waals surface area contributed by atoms with Gasteiger partial charge in [0.15, 0.2) is 0 Å². The normalized spacial score (nSPS) is 20.8. The van der Waals surface area contributed by atoms with Gasteiger partial charge in [-0.05, 0) is 18.8 Å². The average Bonchev–Trinajstić information content (AvgIpc) is 1.81. The van der Waals surface area contributed by atoms with Crippen LogP contribution >= 0.6 is 0 Å². The first-order valence-electron chi connectivity index (χ1n) is 4.10. The average molecular weight is 193 g/mol. The fourth-order valence-corrected chi connectivity index (χ4v) is 2.32. The zero-order valence-corrected chi connectivity index (χ0v) is 8.05. The minimum Gasteiger partial charge on any atom is -0.396 e. The number of sulfonamides is 1. The molecule has 0 bridgehead atoms. The minimum atomic E-state index is -2.95. The lowest BCUT2D eigenvalue weighted by atomic mass is 9.98. The molecule has 0 aromatic carbocycles. The Morgan fingerprint density at radius 3 is 2.50 bits per heavy atom. The van der Waals surface area contributed by atoms with Gasteiger partial charge in [-0.3, -0.25) is 0 Å². The third-order valence-corrected chi connectivity index (χ3v) is 3.40. The van der Waals surface area contributed by atoms with E-state index in [2.05, 4.69) is 0 Å². The van der Waals surface area contributed by atoms with Crippen LogP contribution in [0.5, 0.6) is 0 Å². The van der Waals surface area contributed by atoms with Crippen LogP contribution in [-0.4, -0.2) is 43.8 Å². The topological polar surface area (TPSA) is 57.6 Å². The summed E-state index contributed by atoms with van der Waals surface area (Å²) in [5.41, 5.74) is 0. The van der Waals surface area contributed by atoms with Crippen LogP contribution in [0, 0.1) is 5.92 Å². The van der Waals surface area contributed by atoms with Gasteiger partial charge < -0.3 is 5.11 Å². The van der Waals surface area contributed by atoms with Gasteiger partial charge in [0.1, 0.15) is 0 Å². The summed E-state index contributed by atoms with van der Waals surface area (Å²) in [6.07, 6.45) is 2.94. The smallest absolute Gasteiger partial charge is 0.211 e. The van der Waals surface area contributed by atoms with E-state index in [0.29, 0.717) is 19.0 Å². The SMILES string of the molecule is CS(=O)(=O)N1CC(CCCO)C1. The van der Waals surface area contributed by atoms with Crippen molar-refractivity contribution in [2.45, 2.75) is 12.8 Å². The molecule has 12 heavy (non-hydrogen) atoms. The number of aliphatic hydroxyl groups is 1. The van der Waals surface area contributed by atoms with E-state index < -0.39 is 10.0 Å². The summed E-state index contributed by atoms with van der Waals surface area (Å²) < 4.78 is 23.3. The first-order valence-corrected chi connectivity index (χ1v) is 5.95. The van der Waals surface area contributed by atoms with Crippen molar-refractivity contribution in [3.05, 3.63) is 0 Å². The summed E-state index contributed by atoms with van der Waals surface area (Å²) in [4.78, 5) is 0. The Balaban J connectivity index is 2.20. The maximum absolute atomic E-state index is 10.9. The lowest BCUT2D eigenvalue weighted by Gasteiger charge is -2.37. The number of nitrogens with zero attached hydrogens (tertiary/aromatic N) is 1. The van der Waals surface area contributed by atoms with Crippen molar-refractivity contribution in [3.63, 3.8) is 0 Å². The molecule has 5 heteroatoms. The lowest BCUT2D eigenvalue weighted by Crippen LogP contribution is -2.49. The van der Waals surface area contributed by atoms with Crippen LogP contribution in [0.4, 0.5) is 0 Å². The third-order valence-electron chi connectivity index (χ3n) is 2.16. The maximum atomic E-state index is 10.9. The second-order valence-electron chi connectivity index (χ2n) is 3.31. The van der Waals surface area contributed by atoms with Gasteiger partial charge in [-0.1, -0.05) is 0 Å². The van der Waals surface area contributed by atoms with Crippen molar-refractivity contribution in [3.8, 4) is 0 Å². The van der Waals surface area contributed by atoms with Crippen molar-refractivity contribution in [2.75, 3.05) is 26.0 Å². The van der Waals surface area contributed by atoms with Crippen LogP contribution in [0.3, 0.4) is 0 Å². The van der Waals surface area contributed by atoms with Crippen LogP contribution < -0.4 is 0 Å². The number of hydrogen-bond acceptors (Lipinski definition) is 3. The van der Waals surface area contributed by atoms with E-state index in [4.69, 9.17) is 5.11 Å². The molecule has 0 amide bonds. The van der Waals surface area contributed by atoms with Gasteiger partial charge in [0.25, 0.3) is 0 Å². The standard InChI is InChI=1S/C7H15NO3S/c1-12(10,11)8-5-7(6-8)3-2-4-9/h7,9H,2-6H2,1H3. The van der Waals surface area contributed by atoms with Gasteiger partial charge in [0, 0.05) is 19.7 Å². The molecule has 0 atom stereocenters. The first kappa shape index (κ1) is 9.95. The van der Waals surface area contributed by atoms with Crippen molar-refractivity contribution < 1.29 is 13.5 Å². The fraction of sp³-hybridized carbons (Fsp3) is 1.00. The summed E-state index contributed by atoms with van der Waals surface area (Å²) in [5.74, 6) is 0.465. The highest BCUT2D eigenvalue weighted by Gasteiger charge is 2.32. The predicted octanol–water partition coefficient (Wildman–Crippen LogP) is -0.350. The zero-order valence-electron chi connectivity index (χ0n) is 7.23. The molecule has 0 aromatic rings. The molecule has 0 spiro atoms. The van der Waals surface area contributed by atoms with E-state index in [9.17, 15) is 8.42 Å². The molecule has 1 fully saturated rings. The number of hydrogen-bond donors (Lipinski definition) is 1. The summed E-state index contributed by atoms with van der Waals surface area (Å²) in [6, 6.07) is 0. The van der Waals surface area contributed by atoms with Crippen LogP contribution in [0.1, 0.15) is 12.8 Å². The number of aliphatic hydroxyl groups excluding tert-OH is 1. The molecule has 1 aliphatic rings. The predicted molar refractivity (Wildman–Crippen MR) is 46.2 cm³/mol. The molecule has 0 saturated carbocycles. The van der Waals surface area contributed by atoms with Gasteiger partial charge in [0.2, 0.25) is 10.0 Å². The third kappa shape index (κ3) is 2.43. The number of rotatable bonds is 4. The first-order chi connectivity index (χ1) is 5.54. The summed E-state index contributed by atoms with van der Waals surface area (Å²) in [5, 5.41) is 8.53. The molecule has 0 aliphatic carbocycles. The molecule has 0 radical (unpaired) electrons. The van der Waals surface area contributed by atoms with E-state index in [1.807, 2.05) is 0 Å². The molecule has 1 heterocycles. The largest absolute Gasteiger partial charge is 0.396 e. The molecule has 1 rings (SSSR count). The molecule has 1 N–H and O–H groups in total. The fourth-order valence-electron chi connectivity index (χ4n) is 1.36. The zero-order chi connectivity index (χ0) is 9.19. The Labute approximate surface area is 73.2 Å². The van der Waals surface area contributed by atoms with Gasteiger partial charge in [-0.2, -0.15) is 0 Å². The molecule has 4 nitrogen and oxygen atoms in total. The van der Waals surface area contributed by atoms with E-state index in [0.717, 1.165) is 12.8 Å². The van der Waals surface area contributed by atoms with Crippen LogP contribution in [0.25, 0.3) is 0 Å². The molecular formula is C7H15NO3S. The quantitative estimate of drug-likeness (QED) is 0.664. The van der Waals surface area contributed by atoms with Crippen LogP contribution in [0.15, 0.2) is 0 Å². The molecule has 0 unspecified atom stereocenters. The minimum absolute atomic E-state index is 0.204. The summed E-state index contributed by atoms with van der Waals surface area (Å²) in [7, 11) is -2.95. The van der Waals surface area contributed by atoms with Gasteiger partial charge in [-0.25, -0.2) is 12.7 Å². The Morgan fingerprint density at radius 1 is 1.50 bits per heavy atom. The highest BCUT2D eigenvalue weighted by molar-refractivity contribution is 7.88. The Kier molecular flexibility index (Phi) is 3.09. The van der Waals surface area contributed by atoms with Crippen LogP contribution in [-0.2, 0) is 10.0 Å².